The van der Waals surface area contributed by atoms with Gasteiger partial charge in [-0.05, 0) is 18.3 Å². The molecule has 2 aliphatic heterocycles. The molecule has 0 aromatic rings. The third kappa shape index (κ3) is 2.66. The van der Waals surface area contributed by atoms with Gasteiger partial charge in [-0.15, -0.1) is 0 Å². The smallest absolute Gasteiger partial charge is 0.277 e. The molecule has 2 aliphatic rings. The van der Waals surface area contributed by atoms with E-state index in [0.717, 1.165) is 24.3 Å². The van der Waals surface area contributed by atoms with Crippen LogP contribution in [0, 0.1) is 11.8 Å². The summed E-state index contributed by atoms with van der Waals surface area (Å²) in [7, 11) is 0. The Morgan fingerprint density at radius 2 is 1.78 bits per heavy atom. The summed E-state index contributed by atoms with van der Waals surface area (Å²) in [6.07, 6.45) is 1.57. The van der Waals surface area contributed by atoms with Crippen molar-refractivity contribution in [2.75, 3.05) is 0 Å². The van der Waals surface area contributed by atoms with Crippen molar-refractivity contribution in [3.8, 4) is 0 Å². The van der Waals surface area contributed by atoms with Gasteiger partial charge < -0.3 is 0 Å². The summed E-state index contributed by atoms with van der Waals surface area (Å²) in [4.78, 5) is 20.4. The molecule has 2 heterocycles. The molecule has 1 amide bonds. The van der Waals surface area contributed by atoms with Crippen LogP contribution < -0.4 is 5.43 Å². The summed E-state index contributed by atoms with van der Waals surface area (Å²) in [5.74, 6) is 1.41. The molecule has 5 heteroatoms. The topological polar surface area (TPSA) is 66.2 Å². The van der Waals surface area contributed by atoms with Crippen LogP contribution in [0.1, 0.15) is 40.5 Å². The maximum absolute atomic E-state index is 11.9. The van der Waals surface area contributed by atoms with E-state index in [2.05, 4.69) is 48.2 Å². The molecule has 0 spiro atoms. The average molecular weight is 248 g/mol. The number of aliphatic imine (C=N–C) groups is 2. The van der Waals surface area contributed by atoms with Gasteiger partial charge in [0.25, 0.3) is 5.91 Å². The van der Waals surface area contributed by atoms with Gasteiger partial charge in [-0.25, -0.2) is 4.99 Å². The molecule has 1 atom stereocenters. The number of carbonyl (C=O) groups excluding carboxylic acids is 1. The Morgan fingerprint density at radius 1 is 1.11 bits per heavy atom. The van der Waals surface area contributed by atoms with Crippen LogP contribution in [0.5, 0.6) is 0 Å². The fourth-order valence-electron chi connectivity index (χ4n) is 2.08. The van der Waals surface area contributed by atoms with Crippen LogP contribution in [0.15, 0.2) is 15.1 Å². The second-order valence-electron chi connectivity index (χ2n) is 5.68. The highest BCUT2D eigenvalue weighted by atomic mass is 16.2. The summed E-state index contributed by atoms with van der Waals surface area (Å²) in [5, 5.41) is 4.23. The molecule has 0 bridgehead atoms. The summed E-state index contributed by atoms with van der Waals surface area (Å²) in [6, 6.07) is -0.449. The van der Waals surface area contributed by atoms with Crippen LogP contribution in [-0.4, -0.2) is 29.2 Å². The van der Waals surface area contributed by atoms with Crippen molar-refractivity contribution in [2.24, 2.45) is 26.9 Å². The number of fused-ring (bicyclic) bond motifs is 1. The van der Waals surface area contributed by atoms with Crippen LogP contribution in [0.25, 0.3) is 0 Å². The van der Waals surface area contributed by atoms with Crippen molar-refractivity contribution in [2.45, 2.75) is 46.6 Å². The molecule has 0 saturated heterocycles. The lowest BCUT2D eigenvalue weighted by Crippen LogP contribution is -2.40. The first-order chi connectivity index (χ1) is 8.47. The highest BCUT2D eigenvalue weighted by Gasteiger charge is 2.35. The normalized spacial score (nSPS) is 22.7. The predicted molar refractivity (Wildman–Crippen MR) is 73.1 cm³/mol. The molecule has 0 radical (unpaired) electrons. The quantitative estimate of drug-likeness (QED) is 0.824. The number of nitrogens with one attached hydrogen (secondary N) is 1. The van der Waals surface area contributed by atoms with Gasteiger partial charge >= 0.3 is 0 Å². The number of hydrazone groups is 1. The number of carbonyl (C=O) groups is 1. The summed E-state index contributed by atoms with van der Waals surface area (Å²) < 4.78 is 0. The third-order valence-electron chi connectivity index (χ3n) is 2.83. The lowest BCUT2D eigenvalue weighted by Gasteiger charge is -2.16. The first-order valence-corrected chi connectivity index (χ1v) is 6.49. The van der Waals surface area contributed by atoms with Gasteiger partial charge in [-0.3, -0.25) is 10.2 Å². The van der Waals surface area contributed by atoms with E-state index < -0.39 is 6.04 Å². The lowest BCUT2D eigenvalue weighted by molar-refractivity contribution is -0.118. The zero-order valence-corrected chi connectivity index (χ0v) is 11.4. The Kier molecular flexibility index (Phi) is 3.59. The van der Waals surface area contributed by atoms with Gasteiger partial charge in [0.2, 0.25) is 0 Å². The van der Waals surface area contributed by atoms with E-state index in [4.69, 9.17) is 0 Å². The van der Waals surface area contributed by atoms with Gasteiger partial charge in [-0.2, -0.15) is 10.1 Å². The first kappa shape index (κ1) is 12.9. The van der Waals surface area contributed by atoms with Crippen LogP contribution in [0.3, 0.4) is 0 Å². The maximum atomic E-state index is 11.9. The number of hydrogen-bond donors (Lipinski definition) is 1. The lowest BCUT2D eigenvalue weighted by atomic mass is 9.98. The second-order valence-corrected chi connectivity index (χ2v) is 5.68. The number of nitrogens with zero attached hydrogens (tertiary/aromatic N) is 3. The van der Waals surface area contributed by atoms with E-state index in [0.29, 0.717) is 17.7 Å². The fourth-order valence-corrected chi connectivity index (χ4v) is 2.08. The number of amidine groups is 1. The fraction of sp³-hybridized carbons (Fsp3) is 0.692. The highest BCUT2D eigenvalue weighted by Crippen LogP contribution is 2.16. The van der Waals surface area contributed by atoms with Crippen molar-refractivity contribution in [1.82, 2.24) is 5.43 Å². The standard InChI is InChI=1S/C13H20N4O/c1-7(2)5-9-11-12(17-16-9)13(18)15-10(14-11)6-8(3)4/h7-8,12,17H,5-6H2,1-4H3. The van der Waals surface area contributed by atoms with Crippen molar-refractivity contribution in [3.63, 3.8) is 0 Å². The largest absolute Gasteiger partial charge is 0.291 e. The van der Waals surface area contributed by atoms with E-state index in [1.807, 2.05) is 0 Å². The second kappa shape index (κ2) is 5.00. The van der Waals surface area contributed by atoms with Crippen molar-refractivity contribution >= 4 is 23.2 Å². The van der Waals surface area contributed by atoms with Crippen molar-refractivity contribution < 1.29 is 4.79 Å². The molecular formula is C13H20N4O. The minimum Gasteiger partial charge on any atom is -0.291 e. The third-order valence-corrected chi connectivity index (χ3v) is 2.83. The van der Waals surface area contributed by atoms with E-state index in [1.54, 1.807) is 0 Å². The zero-order chi connectivity index (χ0) is 13.3. The summed E-state index contributed by atoms with van der Waals surface area (Å²) in [5.41, 5.74) is 4.52. The van der Waals surface area contributed by atoms with E-state index in [-0.39, 0.29) is 5.91 Å². The molecule has 0 saturated carbocycles. The molecule has 5 nitrogen and oxygen atoms in total. The molecule has 0 aromatic carbocycles. The van der Waals surface area contributed by atoms with Gasteiger partial charge in [0.05, 0.1) is 11.4 Å². The molecule has 0 aromatic heterocycles. The van der Waals surface area contributed by atoms with Gasteiger partial charge in [-0.1, -0.05) is 27.7 Å². The minimum atomic E-state index is -0.449. The first-order valence-electron chi connectivity index (χ1n) is 6.49. The Balaban J connectivity index is 2.21. The Labute approximate surface area is 107 Å². The molecule has 1 N–H and O–H groups in total. The van der Waals surface area contributed by atoms with E-state index >= 15 is 0 Å². The maximum Gasteiger partial charge on any atom is 0.277 e. The number of hydrogen-bond acceptors (Lipinski definition) is 4. The van der Waals surface area contributed by atoms with Gasteiger partial charge in [0, 0.05) is 6.42 Å². The van der Waals surface area contributed by atoms with E-state index in [9.17, 15) is 4.79 Å². The van der Waals surface area contributed by atoms with Gasteiger partial charge in [0.1, 0.15) is 5.84 Å². The predicted octanol–water partition coefficient (Wildman–Crippen LogP) is 1.79. The summed E-state index contributed by atoms with van der Waals surface area (Å²) >= 11 is 0. The van der Waals surface area contributed by atoms with Crippen molar-refractivity contribution in [3.05, 3.63) is 0 Å². The van der Waals surface area contributed by atoms with Gasteiger partial charge in [0.15, 0.2) is 6.04 Å². The Bertz CT molecular complexity index is 446. The SMILES string of the molecule is CC(C)CC1=NC(=O)C2NN=C(CC(C)C)C2=N1. The molecule has 0 fully saturated rings. The zero-order valence-electron chi connectivity index (χ0n) is 11.4. The minimum absolute atomic E-state index is 0.168. The molecule has 1 unspecified atom stereocenters. The Morgan fingerprint density at radius 3 is 2.39 bits per heavy atom. The monoisotopic (exact) mass is 248 g/mol. The molecular weight excluding hydrogens is 228 g/mol. The van der Waals surface area contributed by atoms with Crippen molar-refractivity contribution in [1.29, 1.82) is 0 Å². The van der Waals surface area contributed by atoms with Crippen LogP contribution >= 0.6 is 0 Å². The highest BCUT2D eigenvalue weighted by molar-refractivity contribution is 6.51. The number of rotatable bonds is 4. The number of amides is 1. The van der Waals surface area contributed by atoms with Crippen LogP contribution in [0.2, 0.25) is 0 Å². The Hall–Kier alpha value is -1.52. The average Bonchev–Trinajstić information content (AvgIpc) is 2.60. The molecule has 98 valence electrons. The molecule has 0 aliphatic carbocycles. The van der Waals surface area contributed by atoms with E-state index in [1.165, 1.54) is 0 Å². The molecule has 2 rings (SSSR count). The molecule has 18 heavy (non-hydrogen) atoms. The van der Waals surface area contributed by atoms with Crippen LogP contribution in [0.4, 0.5) is 0 Å². The van der Waals surface area contributed by atoms with Crippen LogP contribution in [-0.2, 0) is 4.79 Å². The summed E-state index contributed by atoms with van der Waals surface area (Å²) in [6.45, 7) is 8.44.